The maximum absolute atomic E-state index is 14.4. The minimum Gasteiger partial charge on any atom is -0.385 e. The van der Waals surface area contributed by atoms with Crippen molar-refractivity contribution in [3.63, 3.8) is 0 Å². The highest BCUT2D eigenvalue weighted by atomic mass is 79.9. The van der Waals surface area contributed by atoms with Gasteiger partial charge in [-0.05, 0) is 59.5 Å². The molecule has 0 bridgehead atoms. The lowest BCUT2D eigenvalue weighted by Gasteiger charge is -2.38. The molecule has 2 atom stereocenters. The molecule has 0 aliphatic heterocycles. The van der Waals surface area contributed by atoms with E-state index in [-0.39, 0.29) is 5.02 Å². The van der Waals surface area contributed by atoms with Gasteiger partial charge in [-0.25, -0.2) is 4.39 Å². The zero-order chi connectivity index (χ0) is 14.9. The number of hydrogen-bond acceptors (Lipinski definition) is 1. The summed E-state index contributed by atoms with van der Waals surface area (Å²) < 4.78 is 14.9. The Balaban J connectivity index is 2.28. The van der Waals surface area contributed by atoms with Crippen molar-refractivity contribution in [1.29, 1.82) is 0 Å². The van der Waals surface area contributed by atoms with Crippen LogP contribution in [0.3, 0.4) is 0 Å². The Morgan fingerprint density at radius 1 is 1.50 bits per heavy atom. The molecule has 0 amide bonds. The maximum atomic E-state index is 14.4. The molecule has 1 aliphatic rings. The molecule has 0 spiro atoms. The fraction of sp³-hybridized carbons (Fsp3) is 0.625. The van der Waals surface area contributed by atoms with Gasteiger partial charge in [-0.3, -0.25) is 0 Å². The summed E-state index contributed by atoms with van der Waals surface area (Å²) in [4.78, 5) is 0. The smallest absolute Gasteiger partial charge is 0.149 e. The zero-order valence-electron chi connectivity index (χ0n) is 11.9. The normalized spacial score (nSPS) is 27.1. The van der Waals surface area contributed by atoms with Crippen molar-refractivity contribution < 1.29 is 9.50 Å². The van der Waals surface area contributed by atoms with Crippen LogP contribution in [0, 0.1) is 17.7 Å². The predicted molar refractivity (Wildman–Crippen MR) is 84.4 cm³/mol. The molecule has 2 rings (SSSR count). The molecular weight excluding hydrogens is 343 g/mol. The Morgan fingerprint density at radius 3 is 2.85 bits per heavy atom. The molecule has 2 unspecified atom stereocenters. The molecule has 1 fully saturated rings. The molecule has 1 aliphatic carbocycles. The van der Waals surface area contributed by atoms with E-state index in [2.05, 4.69) is 29.8 Å². The van der Waals surface area contributed by atoms with Crippen molar-refractivity contribution in [3.05, 3.63) is 33.0 Å². The Bertz CT molecular complexity index is 492. The first kappa shape index (κ1) is 16.3. The molecule has 4 heteroatoms. The standard InChI is InChI=1S/C16H21BrClFO/c1-10(2)8-11-4-3-7-16(20,9-11)12-5-6-13(17)14(18)15(12)19/h5-6,10-11,20H,3-4,7-9H2,1-2H3. The van der Waals surface area contributed by atoms with E-state index in [0.717, 1.165) is 19.3 Å². The number of benzene rings is 1. The second-order valence-electron chi connectivity index (χ2n) is 6.35. The first-order valence-corrected chi connectivity index (χ1v) is 8.37. The first-order chi connectivity index (χ1) is 9.33. The van der Waals surface area contributed by atoms with E-state index >= 15 is 0 Å². The second-order valence-corrected chi connectivity index (χ2v) is 7.58. The third kappa shape index (κ3) is 3.37. The zero-order valence-corrected chi connectivity index (χ0v) is 14.3. The summed E-state index contributed by atoms with van der Waals surface area (Å²) in [5.74, 6) is 0.560. The molecule has 1 nitrogen and oxygen atoms in total. The van der Waals surface area contributed by atoms with Gasteiger partial charge in [0.15, 0.2) is 0 Å². The lowest BCUT2D eigenvalue weighted by atomic mass is 9.72. The van der Waals surface area contributed by atoms with Crippen LogP contribution in [0.25, 0.3) is 0 Å². The highest BCUT2D eigenvalue weighted by Crippen LogP contribution is 2.44. The van der Waals surface area contributed by atoms with Crippen molar-refractivity contribution in [2.75, 3.05) is 0 Å². The summed E-state index contributed by atoms with van der Waals surface area (Å²) in [7, 11) is 0. The number of halogens is 3. The maximum Gasteiger partial charge on any atom is 0.149 e. The van der Waals surface area contributed by atoms with Crippen LogP contribution in [0.4, 0.5) is 4.39 Å². The largest absolute Gasteiger partial charge is 0.385 e. The summed E-state index contributed by atoms with van der Waals surface area (Å²) in [6, 6.07) is 3.37. The van der Waals surface area contributed by atoms with E-state index in [1.165, 1.54) is 0 Å². The summed E-state index contributed by atoms with van der Waals surface area (Å²) >= 11 is 9.16. The quantitative estimate of drug-likeness (QED) is 0.686. The van der Waals surface area contributed by atoms with Crippen molar-refractivity contribution in [2.45, 2.75) is 51.6 Å². The lowest BCUT2D eigenvalue weighted by molar-refractivity contribution is -0.0271. The van der Waals surface area contributed by atoms with Crippen LogP contribution in [0.15, 0.2) is 16.6 Å². The third-order valence-electron chi connectivity index (χ3n) is 4.17. The van der Waals surface area contributed by atoms with Crippen LogP contribution < -0.4 is 0 Å². The minimum atomic E-state index is -1.08. The Morgan fingerprint density at radius 2 is 2.20 bits per heavy atom. The third-order valence-corrected chi connectivity index (χ3v) is 5.43. The second kappa shape index (κ2) is 6.33. The average Bonchev–Trinajstić information content (AvgIpc) is 2.35. The van der Waals surface area contributed by atoms with E-state index in [1.807, 2.05) is 0 Å². The van der Waals surface area contributed by atoms with Crippen LogP contribution in [-0.2, 0) is 5.60 Å². The van der Waals surface area contributed by atoms with Crippen molar-refractivity contribution in [2.24, 2.45) is 11.8 Å². The van der Waals surface area contributed by atoms with E-state index in [9.17, 15) is 9.50 Å². The molecule has 0 heterocycles. The van der Waals surface area contributed by atoms with Crippen LogP contribution in [0.1, 0.15) is 51.5 Å². The number of rotatable bonds is 3. The summed E-state index contributed by atoms with van der Waals surface area (Å²) in [5, 5.41) is 11.0. The van der Waals surface area contributed by atoms with Crippen LogP contribution in [-0.4, -0.2) is 5.11 Å². The van der Waals surface area contributed by atoms with E-state index < -0.39 is 11.4 Å². The van der Waals surface area contributed by atoms with E-state index in [0.29, 0.717) is 34.7 Å². The van der Waals surface area contributed by atoms with E-state index in [4.69, 9.17) is 11.6 Å². The van der Waals surface area contributed by atoms with Gasteiger partial charge in [-0.15, -0.1) is 0 Å². The molecule has 0 radical (unpaired) electrons. The minimum absolute atomic E-state index is 0.0573. The Hall–Kier alpha value is -0.120. The van der Waals surface area contributed by atoms with Gasteiger partial charge in [0.2, 0.25) is 0 Å². The first-order valence-electron chi connectivity index (χ1n) is 7.20. The molecular formula is C16H21BrClFO. The van der Waals surface area contributed by atoms with Gasteiger partial charge in [0.05, 0.1) is 10.6 Å². The van der Waals surface area contributed by atoms with Gasteiger partial charge in [-0.1, -0.05) is 37.9 Å². The Labute approximate surface area is 133 Å². The van der Waals surface area contributed by atoms with Crippen LogP contribution >= 0.6 is 27.5 Å². The van der Waals surface area contributed by atoms with Gasteiger partial charge in [0.25, 0.3) is 0 Å². The predicted octanol–water partition coefficient (Wildman–Crippen LogP) is 5.67. The highest BCUT2D eigenvalue weighted by molar-refractivity contribution is 9.10. The van der Waals surface area contributed by atoms with E-state index in [1.54, 1.807) is 12.1 Å². The number of aliphatic hydroxyl groups is 1. The van der Waals surface area contributed by atoms with Gasteiger partial charge in [-0.2, -0.15) is 0 Å². The summed E-state index contributed by atoms with van der Waals surface area (Å²) in [6.45, 7) is 4.37. The molecule has 112 valence electrons. The monoisotopic (exact) mass is 362 g/mol. The molecule has 1 aromatic rings. The van der Waals surface area contributed by atoms with Crippen LogP contribution in [0.5, 0.6) is 0 Å². The Kier molecular flexibility index (Phi) is 5.14. The molecule has 1 N–H and O–H groups in total. The molecule has 0 aromatic heterocycles. The van der Waals surface area contributed by atoms with Gasteiger partial charge in [0, 0.05) is 10.0 Å². The summed E-state index contributed by atoms with van der Waals surface area (Å²) in [6.07, 6.45) is 4.36. The van der Waals surface area contributed by atoms with Crippen LogP contribution in [0.2, 0.25) is 5.02 Å². The average molecular weight is 364 g/mol. The van der Waals surface area contributed by atoms with Crippen molar-refractivity contribution in [1.82, 2.24) is 0 Å². The molecule has 1 aromatic carbocycles. The lowest BCUT2D eigenvalue weighted by Crippen LogP contribution is -2.34. The van der Waals surface area contributed by atoms with Gasteiger partial charge >= 0.3 is 0 Å². The van der Waals surface area contributed by atoms with Gasteiger partial charge < -0.3 is 5.11 Å². The highest BCUT2D eigenvalue weighted by Gasteiger charge is 2.38. The SMILES string of the molecule is CC(C)CC1CCCC(O)(c2ccc(Br)c(Cl)c2F)C1. The van der Waals surface area contributed by atoms with Crippen molar-refractivity contribution in [3.8, 4) is 0 Å². The number of hydrogen-bond donors (Lipinski definition) is 1. The molecule has 1 saturated carbocycles. The molecule has 20 heavy (non-hydrogen) atoms. The van der Waals surface area contributed by atoms with Crippen molar-refractivity contribution >= 4 is 27.5 Å². The van der Waals surface area contributed by atoms with Gasteiger partial charge in [0.1, 0.15) is 5.82 Å². The topological polar surface area (TPSA) is 20.2 Å². The fourth-order valence-electron chi connectivity index (χ4n) is 3.36. The summed E-state index contributed by atoms with van der Waals surface area (Å²) in [5.41, 5.74) is -0.731. The molecule has 0 saturated heterocycles. The fourth-order valence-corrected chi connectivity index (χ4v) is 3.83.